The van der Waals surface area contributed by atoms with Crippen LogP contribution in [0.25, 0.3) is 11.3 Å². The van der Waals surface area contributed by atoms with E-state index in [-0.39, 0.29) is 0 Å². The second kappa shape index (κ2) is 8.79. The van der Waals surface area contributed by atoms with Crippen molar-refractivity contribution >= 4 is 0 Å². The third-order valence-electron chi connectivity index (χ3n) is 5.81. The molecule has 1 aliphatic heterocycles. The highest BCUT2D eigenvalue weighted by molar-refractivity contribution is 5.70. The summed E-state index contributed by atoms with van der Waals surface area (Å²) < 4.78 is 18.6. The number of ether oxygens (including phenoxy) is 3. The van der Waals surface area contributed by atoms with Crippen molar-refractivity contribution in [1.29, 1.82) is 0 Å². The van der Waals surface area contributed by atoms with Crippen molar-refractivity contribution in [1.82, 2.24) is 24.6 Å². The van der Waals surface area contributed by atoms with Gasteiger partial charge in [0.15, 0.2) is 11.5 Å². The highest BCUT2D eigenvalue weighted by atomic mass is 16.5. The van der Waals surface area contributed by atoms with Gasteiger partial charge in [0.1, 0.15) is 5.82 Å². The summed E-state index contributed by atoms with van der Waals surface area (Å²) >= 11 is 0. The first kappa shape index (κ1) is 20.3. The highest BCUT2D eigenvalue weighted by Crippen LogP contribution is 2.42. The minimum Gasteiger partial charge on any atom is -0.493 e. The number of rotatable bonds is 7. The average molecular weight is 412 g/mol. The molecule has 1 atom stereocenters. The van der Waals surface area contributed by atoms with E-state index in [0.717, 1.165) is 42.2 Å². The summed E-state index contributed by atoms with van der Waals surface area (Å²) in [5.74, 6) is 2.94. The molecule has 4 rings (SSSR count). The van der Waals surface area contributed by atoms with Gasteiger partial charge < -0.3 is 18.8 Å². The van der Waals surface area contributed by atoms with Crippen LogP contribution in [0.15, 0.2) is 30.7 Å². The molecule has 1 aliphatic rings. The fourth-order valence-corrected chi connectivity index (χ4v) is 4.30. The Morgan fingerprint density at radius 1 is 1.10 bits per heavy atom. The lowest BCUT2D eigenvalue weighted by Gasteiger charge is -2.35. The lowest BCUT2D eigenvalue weighted by atomic mass is 9.99. The number of hydrogen-bond acceptors (Lipinski definition) is 6. The summed E-state index contributed by atoms with van der Waals surface area (Å²) in [7, 11) is 6.92. The fraction of sp³-hybridized carbons (Fsp3) is 0.455. The fourth-order valence-electron chi connectivity index (χ4n) is 4.30. The van der Waals surface area contributed by atoms with Gasteiger partial charge >= 0.3 is 0 Å². The molecule has 8 nitrogen and oxygen atoms in total. The maximum atomic E-state index is 5.53. The molecule has 1 saturated heterocycles. The van der Waals surface area contributed by atoms with Crippen molar-refractivity contribution in [2.45, 2.75) is 31.8 Å². The summed E-state index contributed by atoms with van der Waals surface area (Å²) in [5, 5.41) is 7.50. The Morgan fingerprint density at radius 2 is 1.87 bits per heavy atom. The maximum Gasteiger partial charge on any atom is 0.203 e. The number of aromatic nitrogens is 4. The largest absolute Gasteiger partial charge is 0.493 e. The normalized spacial score (nSPS) is 17.1. The predicted octanol–water partition coefficient (Wildman–Crippen LogP) is 3.56. The Morgan fingerprint density at radius 3 is 2.50 bits per heavy atom. The Hall–Kier alpha value is -3.00. The van der Waals surface area contributed by atoms with E-state index < -0.39 is 0 Å². The van der Waals surface area contributed by atoms with Crippen LogP contribution in [0.3, 0.4) is 0 Å². The number of piperidine rings is 1. The topological polar surface area (TPSA) is 77.4 Å². The second-order valence-electron chi connectivity index (χ2n) is 7.56. The van der Waals surface area contributed by atoms with Crippen LogP contribution in [-0.4, -0.2) is 52.5 Å². The lowest BCUT2D eigenvalue weighted by Crippen LogP contribution is -2.34. The summed E-state index contributed by atoms with van der Waals surface area (Å²) in [6.45, 7) is 1.83. The third kappa shape index (κ3) is 3.75. The number of methoxy groups -OCH3 is 3. The van der Waals surface area contributed by atoms with Crippen LogP contribution in [-0.2, 0) is 13.6 Å². The highest BCUT2D eigenvalue weighted by Gasteiger charge is 2.28. The van der Waals surface area contributed by atoms with E-state index in [9.17, 15) is 0 Å². The molecule has 3 aromatic rings. The van der Waals surface area contributed by atoms with Gasteiger partial charge in [-0.25, -0.2) is 4.98 Å². The SMILES string of the molecule is COc1cc(-c2[nH]ncc2CN2CCCC[C@H]2c2nccn2C)cc(OC)c1OC. The van der Waals surface area contributed by atoms with Crippen molar-refractivity contribution in [2.24, 2.45) is 7.05 Å². The Kier molecular flexibility index (Phi) is 5.94. The standard InChI is InChI=1S/C22H29N5O3/c1-26-10-8-23-22(26)17-7-5-6-9-27(17)14-16-13-24-25-20(16)15-11-18(28-2)21(30-4)19(12-15)29-3/h8,10-13,17H,5-7,9,14H2,1-4H3,(H,24,25)/t17-/m0/s1. The Labute approximate surface area is 176 Å². The van der Waals surface area contributed by atoms with E-state index in [0.29, 0.717) is 23.3 Å². The van der Waals surface area contributed by atoms with Crippen LogP contribution in [0.4, 0.5) is 0 Å². The third-order valence-corrected chi connectivity index (χ3v) is 5.81. The summed E-state index contributed by atoms with van der Waals surface area (Å²) in [6, 6.07) is 4.21. The number of benzene rings is 1. The molecule has 0 bridgehead atoms. The molecular formula is C22H29N5O3. The molecule has 8 heteroatoms. The molecule has 0 amide bonds. The van der Waals surface area contributed by atoms with Crippen molar-refractivity contribution < 1.29 is 14.2 Å². The molecule has 0 spiro atoms. The zero-order valence-corrected chi connectivity index (χ0v) is 18.0. The number of H-pyrrole nitrogens is 1. The molecule has 160 valence electrons. The van der Waals surface area contributed by atoms with Gasteiger partial charge in [-0.2, -0.15) is 5.10 Å². The van der Waals surface area contributed by atoms with Gasteiger partial charge in [0, 0.05) is 37.1 Å². The molecular weight excluding hydrogens is 382 g/mol. The van der Waals surface area contributed by atoms with Crippen LogP contribution >= 0.6 is 0 Å². The minimum absolute atomic E-state index is 0.307. The zero-order chi connectivity index (χ0) is 21.1. The quantitative estimate of drug-likeness (QED) is 0.641. The van der Waals surface area contributed by atoms with E-state index in [1.165, 1.54) is 12.8 Å². The number of aromatic amines is 1. The molecule has 1 N–H and O–H groups in total. The molecule has 0 unspecified atom stereocenters. The molecule has 1 aromatic carbocycles. The monoisotopic (exact) mass is 411 g/mol. The van der Waals surface area contributed by atoms with Gasteiger partial charge in [-0.1, -0.05) is 6.42 Å². The number of imidazole rings is 1. The first-order valence-electron chi connectivity index (χ1n) is 10.2. The average Bonchev–Trinajstić information content (AvgIpc) is 3.42. The minimum atomic E-state index is 0.307. The number of aryl methyl sites for hydroxylation is 1. The van der Waals surface area contributed by atoms with E-state index in [2.05, 4.69) is 31.7 Å². The molecule has 2 aromatic heterocycles. The number of nitrogens with one attached hydrogen (secondary N) is 1. The van der Waals surface area contributed by atoms with Gasteiger partial charge in [-0.05, 0) is 31.5 Å². The Bertz CT molecular complexity index is 971. The van der Waals surface area contributed by atoms with Gasteiger partial charge in [0.05, 0.1) is 39.3 Å². The van der Waals surface area contributed by atoms with Crippen LogP contribution in [0, 0.1) is 0 Å². The van der Waals surface area contributed by atoms with Gasteiger partial charge in [0.2, 0.25) is 5.75 Å². The van der Waals surface area contributed by atoms with Crippen LogP contribution in [0.2, 0.25) is 0 Å². The number of hydrogen-bond donors (Lipinski definition) is 1. The molecule has 0 aliphatic carbocycles. The second-order valence-corrected chi connectivity index (χ2v) is 7.56. The maximum absolute atomic E-state index is 5.53. The van der Waals surface area contributed by atoms with E-state index in [1.54, 1.807) is 21.3 Å². The summed E-state index contributed by atoms with van der Waals surface area (Å²) in [4.78, 5) is 7.11. The first-order chi connectivity index (χ1) is 14.7. The van der Waals surface area contributed by atoms with Gasteiger partial charge in [-0.3, -0.25) is 10.00 Å². The van der Waals surface area contributed by atoms with Crippen LogP contribution < -0.4 is 14.2 Å². The molecule has 30 heavy (non-hydrogen) atoms. The van der Waals surface area contributed by atoms with E-state index in [1.807, 2.05) is 30.7 Å². The van der Waals surface area contributed by atoms with Crippen molar-refractivity contribution in [2.75, 3.05) is 27.9 Å². The smallest absolute Gasteiger partial charge is 0.203 e. The number of nitrogens with zero attached hydrogens (tertiary/aromatic N) is 4. The Balaban J connectivity index is 1.66. The first-order valence-corrected chi connectivity index (χ1v) is 10.2. The van der Waals surface area contributed by atoms with Gasteiger partial charge in [0.25, 0.3) is 0 Å². The van der Waals surface area contributed by atoms with E-state index in [4.69, 9.17) is 14.2 Å². The van der Waals surface area contributed by atoms with Crippen LogP contribution in [0.5, 0.6) is 17.2 Å². The molecule has 1 fully saturated rings. The van der Waals surface area contributed by atoms with Crippen molar-refractivity contribution in [3.63, 3.8) is 0 Å². The molecule has 3 heterocycles. The predicted molar refractivity (Wildman–Crippen MR) is 114 cm³/mol. The van der Waals surface area contributed by atoms with Crippen molar-refractivity contribution in [3.05, 3.63) is 42.1 Å². The van der Waals surface area contributed by atoms with E-state index >= 15 is 0 Å². The number of likely N-dealkylation sites (tertiary alicyclic amines) is 1. The van der Waals surface area contributed by atoms with Crippen molar-refractivity contribution in [3.8, 4) is 28.5 Å². The van der Waals surface area contributed by atoms with Gasteiger partial charge in [-0.15, -0.1) is 0 Å². The summed E-state index contributed by atoms with van der Waals surface area (Å²) in [5.41, 5.74) is 3.03. The summed E-state index contributed by atoms with van der Waals surface area (Å²) in [6.07, 6.45) is 9.32. The molecule has 0 saturated carbocycles. The van der Waals surface area contributed by atoms with Crippen LogP contribution in [0.1, 0.15) is 36.7 Å². The molecule has 0 radical (unpaired) electrons. The lowest BCUT2D eigenvalue weighted by molar-refractivity contribution is 0.132. The zero-order valence-electron chi connectivity index (χ0n) is 18.0.